The number of rotatable bonds is 2. The van der Waals surface area contributed by atoms with E-state index in [0.717, 1.165) is 6.42 Å². The maximum atomic E-state index is 12.5. The molecule has 1 aliphatic rings. The quantitative estimate of drug-likeness (QED) is 0.729. The number of thiophene rings is 1. The maximum absolute atomic E-state index is 12.5. The van der Waals surface area contributed by atoms with Crippen molar-refractivity contribution in [2.24, 2.45) is 0 Å². The van der Waals surface area contributed by atoms with Gasteiger partial charge in [-0.2, -0.15) is 0 Å². The molecule has 0 atom stereocenters. The van der Waals surface area contributed by atoms with Gasteiger partial charge in [0.05, 0.1) is 5.52 Å². The van der Waals surface area contributed by atoms with Crippen molar-refractivity contribution < 1.29 is 9.21 Å². The number of fused-ring (bicyclic) bond motifs is 2. The fraction of sp³-hybridized carbons (Fsp3) is 0.250. The van der Waals surface area contributed by atoms with Gasteiger partial charge in [0.1, 0.15) is 6.54 Å². The third-order valence-electron chi connectivity index (χ3n) is 4.03. The lowest BCUT2D eigenvalue weighted by atomic mass is 10.1. The molecule has 1 aromatic carbocycles. The fourth-order valence-electron chi connectivity index (χ4n) is 2.86. The molecule has 0 radical (unpaired) electrons. The fourth-order valence-corrected chi connectivity index (χ4v) is 3.75. The van der Waals surface area contributed by atoms with Gasteiger partial charge in [0.25, 0.3) is 0 Å². The lowest BCUT2D eigenvalue weighted by molar-refractivity contribution is -0.132. The van der Waals surface area contributed by atoms with Gasteiger partial charge in [0.15, 0.2) is 5.58 Å². The van der Waals surface area contributed by atoms with Crippen LogP contribution in [0.1, 0.15) is 10.4 Å². The summed E-state index contributed by atoms with van der Waals surface area (Å²) in [5, 5.41) is 2.06. The predicted molar refractivity (Wildman–Crippen MR) is 83.9 cm³/mol. The molecule has 22 heavy (non-hydrogen) atoms. The van der Waals surface area contributed by atoms with Gasteiger partial charge in [-0.25, -0.2) is 4.79 Å². The average Bonchev–Trinajstić information content (AvgIpc) is 3.11. The second kappa shape index (κ2) is 5.14. The molecule has 0 unspecified atom stereocenters. The third kappa shape index (κ3) is 2.16. The summed E-state index contributed by atoms with van der Waals surface area (Å²) in [5.74, 6) is -0.534. The highest BCUT2D eigenvalue weighted by atomic mass is 32.1. The van der Waals surface area contributed by atoms with Gasteiger partial charge in [-0.15, -0.1) is 11.3 Å². The van der Waals surface area contributed by atoms with Crippen LogP contribution in [0.3, 0.4) is 0 Å². The Morgan fingerprint density at radius 3 is 3.05 bits per heavy atom. The summed E-state index contributed by atoms with van der Waals surface area (Å²) in [5.41, 5.74) is 2.39. The Morgan fingerprint density at radius 2 is 2.14 bits per heavy atom. The minimum Gasteiger partial charge on any atom is -0.408 e. The molecule has 1 amide bonds. The number of benzene rings is 1. The number of nitrogens with zero attached hydrogens (tertiary/aromatic N) is 2. The summed E-state index contributed by atoms with van der Waals surface area (Å²) in [6.07, 6.45) is 0.889. The zero-order chi connectivity index (χ0) is 15.1. The predicted octanol–water partition coefficient (Wildman–Crippen LogP) is 2.24. The third-order valence-corrected chi connectivity index (χ3v) is 5.05. The van der Waals surface area contributed by atoms with Gasteiger partial charge < -0.3 is 9.32 Å². The second-order valence-corrected chi connectivity index (χ2v) is 6.36. The Hall–Kier alpha value is -2.34. The largest absolute Gasteiger partial charge is 0.420 e. The molecule has 6 heteroatoms. The van der Waals surface area contributed by atoms with Crippen LogP contribution in [0.5, 0.6) is 0 Å². The molecule has 0 N–H and O–H groups in total. The average molecular weight is 314 g/mol. The Labute approximate surface area is 130 Å². The molecule has 0 aliphatic carbocycles. The van der Waals surface area contributed by atoms with Crippen LogP contribution in [-0.2, 0) is 24.3 Å². The van der Waals surface area contributed by atoms with Gasteiger partial charge in [0.2, 0.25) is 5.91 Å². The second-order valence-electron chi connectivity index (χ2n) is 5.36. The molecular formula is C16H14N2O3S. The molecule has 4 rings (SSSR count). The molecular weight excluding hydrogens is 300 g/mol. The van der Waals surface area contributed by atoms with Crippen molar-refractivity contribution in [3.8, 4) is 0 Å². The standard InChI is InChI=1S/C16H14N2O3S/c19-15(17-7-5-14-11(9-17)6-8-22-14)10-18-12-3-1-2-4-13(12)21-16(18)20/h1-4,6,8H,5,7,9-10H2. The van der Waals surface area contributed by atoms with Crippen molar-refractivity contribution >= 4 is 28.3 Å². The van der Waals surface area contributed by atoms with Gasteiger partial charge in [-0.1, -0.05) is 12.1 Å². The molecule has 0 spiro atoms. The Bertz CT molecular complexity index is 905. The molecule has 112 valence electrons. The summed E-state index contributed by atoms with van der Waals surface area (Å²) in [6, 6.07) is 9.23. The van der Waals surface area contributed by atoms with E-state index in [1.807, 2.05) is 11.0 Å². The number of para-hydroxylation sites is 2. The molecule has 5 nitrogen and oxygen atoms in total. The minimum absolute atomic E-state index is 0.0231. The van der Waals surface area contributed by atoms with E-state index in [1.54, 1.807) is 29.5 Å². The molecule has 0 fully saturated rings. The lowest BCUT2D eigenvalue weighted by Gasteiger charge is -2.27. The van der Waals surface area contributed by atoms with E-state index in [4.69, 9.17) is 4.42 Å². The first-order valence-electron chi connectivity index (χ1n) is 7.14. The first kappa shape index (κ1) is 13.3. The van der Waals surface area contributed by atoms with Crippen molar-refractivity contribution in [3.05, 3.63) is 56.7 Å². The van der Waals surface area contributed by atoms with Crippen LogP contribution in [0.25, 0.3) is 11.1 Å². The first-order chi connectivity index (χ1) is 10.7. The minimum atomic E-state index is -0.484. The molecule has 3 aromatic rings. The number of hydrogen-bond acceptors (Lipinski definition) is 4. The van der Waals surface area contributed by atoms with E-state index in [9.17, 15) is 9.59 Å². The number of oxazole rings is 1. The Kier molecular flexibility index (Phi) is 3.11. The van der Waals surface area contributed by atoms with Gasteiger partial charge in [0, 0.05) is 18.0 Å². The number of carbonyl (C=O) groups excluding carboxylic acids is 1. The van der Waals surface area contributed by atoms with Crippen LogP contribution in [0, 0.1) is 0 Å². The van der Waals surface area contributed by atoms with E-state index in [2.05, 4.69) is 11.4 Å². The van der Waals surface area contributed by atoms with Crippen LogP contribution in [0.4, 0.5) is 0 Å². The maximum Gasteiger partial charge on any atom is 0.420 e. The van der Waals surface area contributed by atoms with Gasteiger partial charge in [-0.3, -0.25) is 9.36 Å². The number of aromatic nitrogens is 1. The number of carbonyl (C=O) groups is 1. The molecule has 0 bridgehead atoms. The lowest BCUT2D eigenvalue weighted by Crippen LogP contribution is -2.38. The zero-order valence-electron chi connectivity index (χ0n) is 11.8. The molecule has 3 heterocycles. The highest BCUT2D eigenvalue weighted by Gasteiger charge is 2.23. The summed E-state index contributed by atoms with van der Waals surface area (Å²) in [6.45, 7) is 1.36. The van der Waals surface area contributed by atoms with Crippen LogP contribution in [-0.4, -0.2) is 21.9 Å². The number of amides is 1. The van der Waals surface area contributed by atoms with E-state index in [-0.39, 0.29) is 12.5 Å². The topological polar surface area (TPSA) is 55.5 Å². The van der Waals surface area contributed by atoms with Gasteiger partial charge >= 0.3 is 5.76 Å². The SMILES string of the molecule is O=C(Cn1c(=O)oc2ccccc21)N1CCc2sccc2C1. The van der Waals surface area contributed by atoms with Gasteiger partial charge in [-0.05, 0) is 35.6 Å². The Morgan fingerprint density at radius 1 is 1.27 bits per heavy atom. The van der Waals surface area contributed by atoms with Crippen molar-refractivity contribution in [1.82, 2.24) is 9.47 Å². The van der Waals surface area contributed by atoms with E-state index < -0.39 is 5.76 Å². The van der Waals surface area contributed by atoms with Crippen molar-refractivity contribution in [1.29, 1.82) is 0 Å². The van der Waals surface area contributed by atoms with Crippen LogP contribution >= 0.6 is 11.3 Å². The highest BCUT2D eigenvalue weighted by molar-refractivity contribution is 7.10. The molecule has 0 saturated heterocycles. The van der Waals surface area contributed by atoms with E-state index >= 15 is 0 Å². The Balaban J connectivity index is 1.59. The molecule has 0 saturated carbocycles. The summed E-state index contributed by atoms with van der Waals surface area (Å²) in [7, 11) is 0. The highest BCUT2D eigenvalue weighted by Crippen LogP contribution is 2.24. The molecule has 1 aliphatic heterocycles. The summed E-state index contributed by atoms with van der Waals surface area (Å²) >= 11 is 1.74. The van der Waals surface area contributed by atoms with E-state index in [0.29, 0.717) is 24.2 Å². The van der Waals surface area contributed by atoms with Crippen LogP contribution in [0.2, 0.25) is 0 Å². The normalized spacial score (nSPS) is 14.3. The van der Waals surface area contributed by atoms with E-state index in [1.165, 1.54) is 15.0 Å². The van der Waals surface area contributed by atoms with Crippen LogP contribution in [0.15, 0.2) is 44.9 Å². The molecule has 2 aromatic heterocycles. The van der Waals surface area contributed by atoms with Crippen molar-refractivity contribution in [2.75, 3.05) is 6.54 Å². The summed E-state index contributed by atoms with van der Waals surface area (Å²) < 4.78 is 6.57. The summed E-state index contributed by atoms with van der Waals surface area (Å²) in [4.78, 5) is 27.6. The number of hydrogen-bond donors (Lipinski definition) is 0. The first-order valence-corrected chi connectivity index (χ1v) is 8.02. The zero-order valence-corrected chi connectivity index (χ0v) is 12.6. The smallest absolute Gasteiger partial charge is 0.408 e. The monoisotopic (exact) mass is 314 g/mol. The van der Waals surface area contributed by atoms with Crippen molar-refractivity contribution in [3.63, 3.8) is 0 Å². The van der Waals surface area contributed by atoms with Crippen LogP contribution < -0.4 is 5.76 Å². The van der Waals surface area contributed by atoms with Crippen molar-refractivity contribution in [2.45, 2.75) is 19.5 Å².